The van der Waals surface area contributed by atoms with Crippen molar-refractivity contribution in [1.29, 1.82) is 0 Å². The molecule has 0 aliphatic rings. The van der Waals surface area contributed by atoms with E-state index < -0.39 is 0 Å². The van der Waals surface area contributed by atoms with Crippen molar-refractivity contribution in [1.82, 2.24) is 5.32 Å². The molecular weight excluding hydrogens is 242 g/mol. The Bertz CT molecular complexity index is 398. The van der Waals surface area contributed by atoms with Crippen LogP contribution in [0, 0.1) is 0 Å². The van der Waals surface area contributed by atoms with Crippen molar-refractivity contribution < 1.29 is 14.3 Å². The largest absolute Gasteiger partial charge is 0.497 e. The molecule has 4 heteroatoms. The van der Waals surface area contributed by atoms with E-state index in [2.05, 4.69) is 17.4 Å². The Morgan fingerprint density at radius 2 is 2.05 bits per heavy atom. The van der Waals surface area contributed by atoms with E-state index in [9.17, 15) is 4.79 Å². The Kier molecular flexibility index (Phi) is 7.35. The molecule has 0 aromatic heterocycles. The van der Waals surface area contributed by atoms with Crippen molar-refractivity contribution in [2.75, 3.05) is 26.8 Å². The highest BCUT2D eigenvalue weighted by Gasteiger charge is 1.95. The molecule has 1 aromatic carbocycles. The van der Waals surface area contributed by atoms with Gasteiger partial charge in [-0.25, -0.2) is 4.79 Å². The van der Waals surface area contributed by atoms with Gasteiger partial charge in [0.05, 0.1) is 13.7 Å². The number of ether oxygens (including phenoxy) is 2. The monoisotopic (exact) mass is 263 g/mol. The van der Waals surface area contributed by atoms with Crippen LogP contribution in [0.4, 0.5) is 0 Å². The zero-order chi connectivity index (χ0) is 13.9. The Balaban J connectivity index is 2.15. The number of esters is 1. The van der Waals surface area contributed by atoms with Crippen LogP contribution in [0.25, 0.3) is 0 Å². The molecule has 0 amide bonds. The minimum atomic E-state index is -0.292. The van der Waals surface area contributed by atoms with E-state index in [4.69, 9.17) is 9.47 Å². The van der Waals surface area contributed by atoms with Gasteiger partial charge in [-0.3, -0.25) is 0 Å². The summed E-state index contributed by atoms with van der Waals surface area (Å²) in [4.78, 5) is 11.0. The summed E-state index contributed by atoms with van der Waals surface area (Å²) in [5.41, 5.74) is 1.25. The lowest BCUT2D eigenvalue weighted by Gasteiger charge is -2.04. The second-order valence-electron chi connectivity index (χ2n) is 3.96. The third-order valence-electron chi connectivity index (χ3n) is 2.55. The molecule has 1 aromatic rings. The van der Waals surface area contributed by atoms with Gasteiger partial charge in [-0.1, -0.05) is 18.2 Å². The van der Waals surface area contributed by atoms with E-state index in [1.807, 2.05) is 12.1 Å². The van der Waals surface area contributed by atoms with Gasteiger partial charge in [-0.2, -0.15) is 0 Å². The normalized spacial score (nSPS) is 10.6. The molecule has 0 fully saturated rings. The highest BCUT2D eigenvalue weighted by molar-refractivity contribution is 5.81. The van der Waals surface area contributed by atoms with Crippen LogP contribution in [0.15, 0.2) is 36.4 Å². The number of nitrogens with one attached hydrogen (secondary N) is 1. The molecule has 4 nitrogen and oxygen atoms in total. The van der Waals surface area contributed by atoms with Crippen LogP contribution in [0.2, 0.25) is 0 Å². The number of carbonyl (C=O) groups is 1. The van der Waals surface area contributed by atoms with Gasteiger partial charge in [0.2, 0.25) is 0 Å². The Morgan fingerprint density at radius 1 is 1.32 bits per heavy atom. The number of rotatable bonds is 8. The molecule has 0 unspecified atom stereocenters. The molecule has 104 valence electrons. The zero-order valence-electron chi connectivity index (χ0n) is 11.5. The average Bonchev–Trinajstić information content (AvgIpc) is 2.43. The fraction of sp³-hybridized carbons (Fsp3) is 0.400. The Labute approximate surface area is 114 Å². The van der Waals surface area contributed by atoms with E-state index in [1.165, 1.54) is 11.6 Å². The van der Waals surface area contributed by atoms with E-state index in [0.717, 1.165) is 18.7 Å². The summed E-state index contributed by atoms with van der Waals surface area (Å²) in [7, 11) is 1.66. The van der Waals surface area contributed by atoms with Crippen molar-refractivity contribution in [3.63, 3.8) is 0 Å². The molecule has 0 heterocycles. The lowest BCUT2D eigenvalue weighted by molar-refractivity contribution is -0.137. The summed E-state index contributed by atoms with van der Waals surface area (Å²) in [6.07, 6.45) is 4.16. The molecule has 1 N–H and O–H groups in total. The third-order valence-corrected chi connectivity index (χ3v) is 2.55. The van der Waals surface area contributed by atoms with Crippen LogP contribution in [-0.4, -0.2) is 32.8 Å². The van der Waals surface area contributed by atoms with Crippen LogP contribution in [0.5, 0.6) is 5.75 Å². The van der Waals surface area contributed by atoms with Gasteiger partial charge in [0, 0.05) is 12.6 Å². The van der Waals surface area contributed by atoms with E-state index in [1.54, 1.807) is 20.1 Å². The third kappa shape index (κ3) is 6.62. The standard InChI is InChI=1S/C15H21NO3/c1-3-19-15(17)5-4-11-16-12-10-13-6-8-14(18-2)9-7-13/h4-9,16H,3,10-12H2,1-2H3/b5-4+. The van der Waals surface area contributed by atoms with Crippen LogP contribution < -0.4 is 10.1 Å². The van der Waals surface area contributed by atoms with Crippen LogP contribution in [0.1, 0.15) is 12.5 Å². The fourth-order valence-electron chi connectivity index (χ4n) is 1.56. The summed E-state index contributed by atoms with van der Waals surface area (Å²) in [6, 6.07) is 8.01. The molecule has 0 bridgehead atoms. The topological polar surface area (TPSA) is 47.6 Å². The number of benzene rings is 1. The van der Waals surface area contributed by atoms with Gasteiger partial charge < -0.3 is 14.8 Å². The van der Waals surface area contributed by atoms with E-state index in [0.29, 0.717) is 13.2 Å². The summed E-state index contributed by atoms with van der Waals surface area (Å²) in [5, 5.41) is 3.23. The smallest absolute Gasteiger partial charge is 0.330 e. The zero-order valence-corrected chi connectivity index (χ0v) is 11.5. The lowest BCUT2D eigenvalue weighted by atomic mass is 10.1. The summed E-state index contributed by atoms with van der Waals surface area (Å²) >= 11 is 0. The number of hydrogen-bond donors (Lipinski definition) is 1. The van der Waals surface area contributed by atoms with Gasteiger partial charge in [-0.15, -0.1) is 0 Å². The lowest BCUT2D eigenvalue weighted by Crippen LogP contribution is -2.17. The quantitative estimate of drug-likeness (QED) is 0.442. The van der Waals surface area contributed by atoms with Gasteiger partial charge in [0.25, 0.3) is 0 Å². The second kappa shape index (κ2) is 9.16. The molecule has 0 radical (unpaired) electrons. The maximum atomic E-state index is 11.0. The molecule has 19 heavy (non-hydrogen) atoms. The second-order valence-corrected chi connectivity index (χ2v) is 3.96. The van der Waals surface area contributed by atoms with Crippen molar-refractivity contribution in [3.05, 3.63) is 42.0 Å². The minimum absolute atomic E-state index is 0.292. The molecule has 0 atom stereocenters. The molecule has 0 aliphatic carbocycles. The SMILES string of the molecule is CCOC(=O)/C=C/CNCCc1ccc(OC)cc1. The number of carbonyl (C=O) groups excluding carboxylic acids is 1. The first-order valence-corrected chi connectivity index (χ1v) is 6.43. The van der Waals surface area contributed by atoms with Crippen molar-refractivity contribution in [2.24, 2.45) is 0 Å². The van der Waals surface area contributed by atoms with Crippen molar-refractivity contribution in [2.45, 2.75) is 13.3 Å². The first kappa shape index (κ1) is 15.2. The van der Waals surface area contributed by atoms with Gasteiger partial charge in [0.15, 0.2) is 0 Å². The van der Waals surface area contributed by atoms with Crippen molar-refractivity contribution >= 4 is 5.97 Å². The molecule has 0 aliphatic heterocycles. The molecule has 0 spiro atoms. The minimum Gasteiger partial charge on any atom is -0.497 e. The maximum Gasteiger partial charge on any atom is 0.330 e. The van der Waals surface area contributed by atoms with Gasteiger partial charge in [-0.05, 0) is 37.6 Å². The maximum absolute atomic E-state index is 11.0. The van der Waals surface area contributed by atoms with E-state index in [-0.39, 0.29) is 5.97 Å². The first-order chi connectivity index (χ1) is 9.26. The Morgan fingerprint density at radius 3 is 2.68 bits per heavy atom. The van der Waals surface area contributed by atoms with Crippen LogP contribution in [0.3, 0.4) is 0 Å². The van der Waals surface area contributed by atoms with Gasteiger partial charge >= 0.3 is 5.97 Å². The van der Waals surface area contributed by atoms with E-state index >= 15 is 0 Å². The first-order valence-electron chi connectivity index (χ1n) is 6.43. The van der Waals surface area contributed by atoms with Crippen LogP contribution >= 0.6 is 0 Å². The highest BCUT2D eigenvalue weighted by Crippen LogP contribution is 2.11. The molecular formula is C15H21NO3. The predicted molar refractivity (Wildman–Crippen MR) is 75.3 cm³/mol. The van der Waals surface area contributed by atoms with Crippen molar-refractivity contribution in [3.8, 4) is 5.75 Å². The molecule has 0 saturated heterocycles. The Hall–Kier alpha value is -1.81. The molecule has 1 rings (SSSR count). The summed E-state index contributed by atoms with van der Waals surface area (Å²) < 4.78 is 9.87. The highest BCUT2D eigenvalue weighted by atomic mass is 16.5. The number of hydrogen-bond acceptors (Lipinski definition) is 4. The predicted octanol–water partition coefficient (Wildman–Crippen LogP) is 1.95. The van der Waals surface area contributed by atoms with Crippen LogP contribution in [-0.2, 0) is 16.0 Å². The van der Waals surface area contributed by atoms with Gasteiger partial charge in [0.1, 0.15) is 5.75 Å². The molecule has 0 saturated carbocycles. The summed E-state index contributed by atoms with van der Waals surface area (Å²) in [6.45, 7) is 3.72. The summed E-state index contributed by atoms with van der Waals surface area (Å²) in [5.74, 6) is 0.577. The fourth-order valence-corrected chi connectivity index (χ4v) is 1.56. The average molecular weight is 263 g/mol. The number of methoxy groups -OCH3 is 1.